The number of esters is 1. The monoisotopic (exact) mass is 274 g/mol. The first-order valence-electron chi connectivity index (χ1n) is 4.86. The highest BCUT2D eigenvalue weighted by atomic mass is 35.5. The predicted octanol–water partition coefficient (Wildman–Crippen LogP) is 1.13. The Morgan fingerprint density at radius 2 is 2.28 bits per heavy atom. The van der Waals surface area contributed by atoms with Crippen molar-refractivity contribution in [2.45, 2.75) is 6.04 Å². The predicted molar refractivity (Wildman–Crippen MR) is 63.6 cm³/mol. The number of halogens is 1. The molecule has 0 aromatic heterocycles. The zero-order valence-electron chi connectivity index (χ0n) is 9.46. The van der Waals surface area contributed by atoms with Crippen LogP contribution in [-0.2, 0) is 9.53 Å². The van der Waals surface area contributed by atoms with Crippen molar-refractivity contribution < 1.29 is 19.2 Å². The van der Waals surface area contributed by atoms with Crippen molar-refractivity contribution in [1.29, 1.82) is 0 Å². The van der Waals surface area contributed by atoms with Gasteiger partial charge in [0.25, 0.3) is 0 Å². The number of nitrogens with two attached hydrogens (primary N) is 1. The molecule has 0 fully saturated rings. The van der Waals surface area contributed by atoms with E-state index in [1.807, 2.05) is 0 Å². The molecule has 0 aliphatic carbocycles. The lowest BCUT2D eigenvalue weighted by molar-refractivity contribution is -0.385. The van der Waals surface area contributed by atoms with E-state index in [0.29, 0.717) is 0 Å². The van der Waals surface area contributed by atoms with Gasteiger partial charge >= 0.3 is 11.7 Å². The number of hydrogen-bond acceptors (Lipinski definition) is 6. The van der Waals surface area contributed by atoms with E-state index in [1.54, 1.807) is 0 Å². The first-order valence-corrected chi connectivity index (χ1v) is 5.24. The number of para-hydroxylation sites is 1. The second-order valence-corrected chi connectivity index (χ2v) is 3.69. The lowest BCUT2D eigenvalue weighted by Crippen LogP contribution is -2.37. The fraction of sp³-hybridized carbons (Fsp3) is 0.300. The van der Waals surface area contributed by atoms with Crippen LogP contribution in [-0.4, -0.2) is 30.7 Å². The van der Waals surface area contributed by atoms with Gasteiger partial charge in [-0.3, -0.25) is 14.9 Å². The van der Waals surface area contributed by atoms with Crippen molar-refractivity contribution in [2.24, 2.45) is 5.73 Å². The van der Waals surface area contributed by atoms with Crippen LogP contribution in [0.25, 0.3) is 0 Å². The van der Waals surface area contributed by atoms with Gasteiger partial charge in [-0.25, -0.2) is 0 Å². The molecule has 1 aromatic carbocycles. The number of nitro groups is 1. The number of ether oxygens (including phenoxy) is 2. The van der Waals surface area contributed by atoms with Gasteiger partial charge in [-0.15, -0.1) is 0 Å². The fourth-order valence-electron chi connectivity index (χ4n) is 1.18. The van der Waals surface area contributed by atoms with Crippen molar-refractivity contribution in [1.82, 2.24) is 0 Å². The van der Waals surface area contributed by atoms with E-state index in [1.165, 1.54) is 25.3 Å². The minimum atomic E-state index is -1.04. The van der Waals surface area contributed by atoms with Crippen LogP contribution in [0.15, 0.2) is 18.2 Å². The normalized spacial score (nSPS) is 11.7. The number of benzene rings is 1. The number of carbonyl (C=O) groups is 1. The Balaban J connectivity index is 2.84. The summed E-state index contributed by atoms with van der Waals surface area (Å²) in [5, 5.41) is 10.8. The van der Waals surface area contributed by atoms with E-state index >= 15 is 0 Å². The number of nitro benzene ring substituents is 1. The molecule has 0 heterocycles. The summed E-state index contributed by atoms with van der Waals surface area (Å²) in [6.07, 6.45) is 0. The molecule has 1 unspecified atom stereocenters. The molecule has 98 valence electrons. The number of rotatable bonds is 5. The Labute approximate surface area is 108 Å². The molecule has 1 rings (SSSR count). The van der Waals surface area contributed by atoms with Crippen molar-refractivity contribution in [3.05, 3.63) is 33.3 Å². The largest absolute Gasteiger partial charge is 0.483 e. The van der Waals surface area contributed by atoms with Gasteiger partial charge in [0.15, 0.2) is 0 Å². The zero-order chi connectivity index (χ0) is 13.7. The highest BCUT2D eigenvalue weighted by molar-refractivity contribution is 6.32. The van der Waals surface area contributed by atoms with Crippen LogP contribution in [0.3, 0.4) is 0 Å². The molecule has 0 saturated carbocycles. The highest BCUT2D eigenvalue weighted by Gasteiger charge is 2.21. The standard InChI is InChI=1S/C10H11ClN2O5/c1-17-10(14)7(12)5-18-9-6(11)3-2-4-8(9)13(15)16/h2-4,7H,5,12H2,1H3. The van der Waals surface area contributed by atoms with Crippen LogP contribution in [0, 0.1) is 10.1 Å². The second-order valence-electron chi connectivity index (χ2n) is 3.29. The van der Waals surface area contributed by atoms with Crippen molar-refractivity contribution in [3.63, 3.8) is 0 Å². The third-order valence-electron chi connectivity index (χ3n) is 2.05. The number of methoxy groups -OCH3 is 1. The smallest absolute Gasteiger partial charge is 0.326 e. The molecule has 2 N–H and O–H groups in total. The Bertz CT molecular complexity index is 466. The minimum Gasteiger partial charge on any atom is -0.483 e. The molecule has 1 aromatic rings. The summed E-state index contributed by atoms with van der Waals surface area (Å²) >= 11 is 5.78. The van der Waals surface area contributed by atoms with Crippen LogP contribution in [0.5, 0.6) is 5.75 Å². The minimum absolute atomic E-state index is 0.0706. The van der Waals surface area contributed by atoms with Gasteiger partial charge in [-0.2, -0.15) is 0 Å². The van der Waals surface area contributed by atoms with Crippen LogP contribution in [0.1, 0.15) is 0 Å². The van der Waals surface area contributed by atoms with Gasteiger partial charge in [-0.05, 0) is 6.07 Å². The zero-order valence-corrected chi connectivity index (χ0v) is 10.2. The molecular formula is C10H11ClN2O5. The first-order chi connectivity index (χ1) is 8.47. The molecule has 0 aliphatic rings. The van der Waals surface area contributed by atoms with Crippen LogP contribution in [0.4, 0.5) is 5.69 Å². The summed E-state index contributed by atoms with van der Waals surface area (Å²) in [4.78, 5) is 21.2. The molecule has 0 spiro atoms. The SMILES string of the molecule is COC(=O)C(N)COc1c(Cl)cccc1[N+](=O)[O-]. The molecule has 7 nitrogen and oxygen atoms in total. The molecule has 0 radical (unpaired) electrons. The van der Waals surface area contributed by atoms with Crippen LogP contribution < -0.4 is 10.5 Å². The number of nitrogens with zero attached hydrogens (tertiary/aromatic N) is 1. The topological polar surface area (TPSA) is 105 Å². The molecule has 0 saturated heterocycles. The Morgan fingerprint density at radius 3 is 2.83 bits per heavy atom. The summed E-state index contributed by atoms with van der Waals surface area (Å²) in [5.41, 5.74) is 5.15. The Kier molecular flexibility index (Phi) is 4.87. The van der Waals surface area contributed by atoms with E-state index in [4.69, 9.17) is 22.1 Å². The third-order valence-corrected chi connectivity index (χ3v) is 2.35. The molecule has 1 atom stereocenters. The van der Waals surface area contributed by atoms with E-state index in [2.05, 4.69) is 4.74 Å². The molecule has 18 heavy (non-hydrogen) atoms. The summed E-state index contributed by atoms with van der Waals surface area (Å²) in [6.45, 7) is -0.267. The highest BCUT2D eigenvalue weighted by Crippen LogP contribution is 2.34. The summed E-state index contributed by atoms with van der Waals surface area (Å²) in [7, 11) is 1.18. The van der Waals surface area contributed by atoms with Gasteiger partial charge in [-0.1, -0.05) is 17.7 Å². The molecular weight excluding hydrogens is 264 g/mol. The Morgan fingerprint density at radius 1 is 1.61 bits per heavy atom. The molecule has 0 bridgehead atoms. The number of hydrogen-bond donors (Lipinski definition) is 1. The molecule has 0 amide bonds. The van der Waals surface area contributed by atoms with Crippen LogP contribution >= 0.6 is 11.6 Å². The summed E-state index contributed by atoms with van der Waals surface area (Å²) in [6, 6.07) is 3.07. The van der Waals surface area contributed by atoms with Gasteiger partial charge in [0.2, 0.25) is 5.75 Å². The average molecular weight is 275 g/mol. The lowest BCUT2D eigenvalue weighted by Gasteiger charge is -2.12. The van der Waals surface area contributed by atoms with Crippen LogP contribution in [0.2, 0.25) is 5.02 Å². The van der Waals surface area contributed by atoms with E-state index in [0.717, 1.165) is 0 Å². The Hall–Kier alpha value is -1.86. The second kappa shape index (κ2) is 6.18. The maximum atomic E-state index is 11.0. The number of carbonyl (C=O) groups excluding carboxylic acids is 1. The van der Waals surface area contributed by atoms with E-state index in [-0.39, 0.29) is 23.1 Å². The molecule has 0 aliphatic heterocycles. The summed E-state index contributed by atoms with van der Waals surface area (Å²) < 4.78 is 9.51. The van der Waals surface area contributed by atoms with E-state index < -0.39 is 16.9 Å². The van der Waals surface area contributed by atoms with Gasteiger partial charge in [0, 0.05) is 6.07 Å². The summed E-state index contributed by atoms with van der Waals surface area (Å²) in [5.74, 6) is -0.798. The van der Waals surface area contributed by atoms with Gasteiger partial charge in [0.05, 0.1) is 17.1 Å². The van der Waals surface area contributed by atoms with Crippen molar-refractivity contribution in [3.8, 4) is 5.75 Å². The molecule has 8 heteroatoms. The quantitative estimate of drug-likeness (QED) is 0.490. The fourth-order valence-corrected chi connectivity index (χ4v) is 1.40. The van der Waals surface area contributed by atoms with Gasteiger partial charge < -0.3 is 15.2 Å². The average Bonchev–Trinajstić information content (AvgIpc) is 2.35. The maximum absolute atomic E-state index is 11.0. The lowest BCUT2D eigenvalue weighted by atomic mass is 10.3. The maximum Gasteiger partial charge on any atom is 0.326 e. The van der Waals surface area contributed by atoms with Gasteiger partial charge in [0.1, 0.15) is 12.6 Å². The third kappa shape index (κ3) is 3.31. The van der Waals surface area contributed by atoms with Crippen molar-refractivity contribution >= 4 is 23.3 Å². The van der Waals surface area contributed by atoms with E-state index in [9.17, 15) is 14.9 Å². The first kappa shape index (κ1) is 14.2. The van der Waals surface area contributed by atoms with Crippen molar-refractivity contribution in [2.75, 3.05) is 13.7 Å².